The lowest BCUT2D eigenvalue weighted by Gasteiger charge is -2.07. The average Bonchev–Trinajstić information content (AvgIpc) is 2.63. The van der Waals surface area contributed by atoms with Crippen LogP contribution in [0.15, 0.2) is 64.6 Å². The smallest absolute Gasteiger partial charge is 0.255 e. The molecular formula is C17H18FN3O3S. The van der Waals surface area contributed by atoms with E-state index in [0.717, 1.165) is 0 Å². The van der Waals surface area contributed by atoms with Crippen molar-refractivity contribution in [1.29, 1.82) is 0 Å². The van der Waals surface area contributed by atoms with Crippen molar-refractivity contribution in [1.82, 2.24) is 10.1 Å². The molecule has 0 radical (unpaired) electrons. The maximum absolute atomic E-state index is 12.9. The lowest BCUT2D eigenvalue weighted by atomic mass is 10.1. The van der Waals surface area contributed by atoms with E-state index in [1.165, 1.54) is 24.3 Å². The molecule has 0 aliphatic heterocycles. The molecule has 0 atom stereocenters. The summed E-state index contributed by atoms with van der Waals surface area (Å²) in [5, 5.41) is 3.98. The highest BCUT2D eigenvalue weighted by molar-refractivity contribution is 7.89. The highest BCUT2D eigenvalue weighted by Gasteiger charge is 2.14. The lowest BCUT2D eigenvalue weighted by Crippen LogP contribution is -2.35. The van der Waals surface area contributed by atoms with Crippen molar-refractivity contribution < 1.29 is 17.6 Å². The van der Waals surface area contributed by atoms with Gasteiger partial charge in [0, 0.05) is 0 Å². The van der Waals surface area contributed by atoms with E-state index in [9.17, 15) is 17.6 Å². The van der Waals surface area contributed by atoms with Crippen LogP contribution in [0.4, 0.5) is 4.39 Å². The SMILES string of the molecule is CC/C(=N/NC(=O)CNS(=O)(=O)c1ccccc1)c1ccc(F)cc1. The summed E-state index contributed by atoms with van der Waals surface area (Å²) in [5.41, 5.74) is 3.53. The molecular weight excluding hydrogens is 345 g/mol. The van der Waals surface area contributed by atoms with Gasteiger partial charge < -0.3 is 0 Å². The maximum Gasteiger partial charge on any atom is 0.255 e. The summed E-state index contributed by atoms with van der Waals surface area (Å²) in [6, 6.07) is 13.5. The van der Waals surface area contributed by atoms with Crippen LogP contribution in [-0.2, 0) is 14.8 Å². The summed E-state index contributed by atoms with van der Waals surface area (Å²) in [6.07, 6.45) is 0.516. The zero-order valence-corrected chi connectivity index (χ0v) is 14.4. The average molecular weight is 363 g/mol. The molecule has 0 saturated heterocycles. The molecule has 0 aliphatic rings. The predicted molar refractivity (Wildman–Crippen MR) is 93.0 cm³/mol. The van der Waals surface area contributed by atoms with Gasteiger partial charge in [0.15, 0.2) is 0 Å². The van der Waals surface area contributed by atoms with Crippen LogP contribution < -0.4 is 10.1 Å². The van der Waals surface area contributed by atoms with E-state index < -0.39 is 22.5 Å². The summed E-state index contributed by atoms with van der Waals surface area (Å²) in [6.45, 7) is 1.40. The summed E-state index contributed by atoms with van der Waals surface area (Å²) in [5.74, 6) is -0.967. The third-order valence-electron chi connectivity index (χ3n) is 3.30. The van der Waals surface area contributed by atoms with E-state index in [4.69, 9.17) is 0 Å². The Balaban J connectivity index is 1.96. The van der Waals surface area contributed by atoms with E-state index in [2.05, 4.69) is 15.2 Å². The number of carbonyl (C=O) groups excluding carboxylic acids is 1. The van der Waals surface area contributed by atoms with Crippen molar-refractivity contribution in [2.24, 2.45) is 5.10 Å². The molecule has 25 heavy (non-hydrogen) atoms. The second-order valence-corrected chi connectivity index (χ2v) is 6.86. The van der Waals surface area contributed by atoms with Crippen LogP contribution >= 0.6 is 0 Å². The van der Waals surface area contributed by atoms with Crippen LogP contribution in [0.2, 0.25) is 0 Å². The molecule has 0 unspecified atom stereocenters. The number of hydrogen-bond acceptors (Lipinski definition) is 4. The van der Waals surface area contributed by atoms with Crippen LogP contribution in [0.25, 0.3) is 0 Å². The Morgan fingerprint density at radius 3 is 2.32 bits per heavy atom. The molecule has 0 fully saturated rings. The van der Waals surface area contributed by atoms with E-state index in [0.29, 0.717) is 17.7 Å². The first-order valence-corrected chi connectivity index (χ1v) is 9.06. The van der Waals surface area contributed by atoms with Crippen LogP contribution in [0.1, 0.15) is 18.9 Å². The highest BCUT2D eigenvalue weighted by atomic mass is 32.2. The van der Waals surface area contributed by atoms with Crippen molar-refractivity contribution in [2.75, 3.05) is 6.54 Å². The second-order valence-electron chi connectivity index (χ2n) is 5.09. The van der Waals surface area contributed by atoms with Gasteiger partial charge in [-0.25, -0.2) is 23.0 Å². The first kappa shape index (κ1) is 18.8. The molecule has 132 valence electrons. The third kappa shape index (κ3) is 5.47. The Bertz CT molecular complexity index is 850. The van der Waals surface area contributed by atoms with Crippen LogP contribution in [0, 0.1) is 5.82 Å². The van der Waals surface area contributed by atoms with Crippen molar-refractivity contribution in [3.8, 4) is 0 Å². The summed E-state index contributed by atoms with van der Waals surface area (Å²) >= 11 is 0. The Morgan fingerprint density at radius 1 is 1.08 bits per heavy atom. The van der Waals surface area contributed by atoms with Crippen molar-refractivity contribution in [3.05, 3.63) is 66.0 Å². The molecule has 2 aromatic carbocycles. The number of nitrogens with one attached hydrogen (secondary N) is 2. The Labute approximate surface area is 145 Å². The van der Waals surface area contributed by atoms with Gasteiger partial charge in [-0.1, -0.05) is 37.3 Å². The number of rotatable bonds is 7. The summed E-state index contributed by atoms with van der Waals surface area (Å²) in [7, 11) is -3.76. The Hall–Kier alpha value is -2.58. The highest BCUT2D eigenvalue weighted by Crippen LogP contribution is 2.07. The van der Waals surface area contributed by atoms with Gasteiger partial charge in [0.25, 0.3) is 5.91 Å². The first-order chi connectivity index (χ1) is 11.9. The molecule has 2 aromatic rings. The fraction of sp³-hybridized carbons (Fsp3) is 0.176. The van der Waals surface area contributed by atoms with Crippen LogP contribution in [0.3, 0.4) is 0 Å². The number of carbonyl (C=O) groups is 1. The molecule has 0 spiro atoms. The van der Waals surface area contributed by atoms with Crippen molar-refractivity contribution in [3.63, 3.8) is 0 Å². The van der Waals surface area contributed by atoms with Gasteiger partial charge >= 0.3 is 0 Å². The largest absolute Gasteiger partial charge is 0.272 e. The third-order valence-corrected chi connectivity index (χ3v) is 4.72. The minimum Gasteiger partial charge on any atom is -0.272 e. The number of amides is 1. The first-order valence-electron chi connectivity index (χ1n) is 7.58. The number of nitrogens with zero attached hydrogens (tertiary/aromatic N) is 1. The van der Waals surface area contributed by atoms with E-state index >= 15 is 0 Å². The molecule has 6 nitrogen and oxygen atoms in total. The van der Waals surface area contributed by atoms with Crippen molar-refractivity contribution in [2.45, 2.75) is 18.2 Å². The number of halogens is 1. The minimum absolute atomic E-state index is 0.0758. The second kappa shape index (κ2) is 8.50. The molecule has 2 rings (SSSR count). The van der Waals surface area contributed by atoms with E-state index in [-0.39, 0.29) is 10.7 Å². The molecule has 0 saturated carbocycles. The van der Waals surface area contributed by atoms with Crippen LogP contribution in [0.5, 0.6) is 0 Å². The number of hydrogen-bond donors (Lipinski definition) is 2. The number of benzene rings is 2. The quantitative estimate of drug-likeness (QED) is 0.583. The van der Waals surface area contributed by atoms with Gasteiger partial charge in [-0.3, -0.25) is 4.79 Å². The van der Waals surface area contributed by atoms with Gasteiger partial charge in [0.05, 0.1) is 17.2 Å². The van der Waals surface area contributed by atoms with Crippen LogP contribution in [-0.4, -0.2) is 26.6 Å². The Morgan fingerprint density at radius 2 is 1.72 bits per heavy atom. The number of hydrazone groups is 1. The maximum atomic E-state index is 12.9. The van der Waals surface area contributed by atoms with E-state index in [1.54, 1.807) is 30.3 Å². The molecule has 0 heterocycles. The molecule has 8 heteroatoms. The standard InChI is InChI=1S/C17H18FN3O3S/c1-2-16(13-8-10-14(18)11-9-13)20-21-17(22)12-19-25(23,24)15-6-4-3-5-7-15/h3-11,19H,2,12H2,1H3,(H,21,22)/b20-16-. The zero-order chi connectivity index (χ0) is 18.3. The zero-order valence-electron chi connectivity index (χ0n) is 13.6. The molecule has 1 amide bonds. The van der Waals surface area contributed by atoms with Gasteiger partial charge in [-0.2, -0.15) is 5.10 Å². The fourth-order valence-corrected chi connectivity index (χ4v) is 3.01. The van der Waals surface area contributed by atoms with Gasteiger partial charge in [0.1, 0.15) is 5.82 Å². The fourth-order valence-electron chi connectivity index (χ4n) is 2.00. The predicted octanol–water partition coefficient (Wildman–Crippen LogP) is 2.03. The molecule has 0 aliphatic carbocycles. The van der Waals surface area contributed by atoms with Gasteiger partial charge in [-0.05, 0) is 36.2 Å². The molecule has 2 N–H and O–H groups in total. The van der Waals surface area contributed by atoms with Gasteiger partial charge in [-0.15, -0.1) is 0 Å². The summed E-state index contributed by atoms with van der Waals surface area (Å²) < 4.78 is 39.2. The lowest BCUT2D eigenvalue weighted by molar-refractivity contribution is -0.119. The monoisotopic (exact) mass is 363 g/mol. The summed E-state index contributed by atoms with van der Waals surface area (Å²) in [4.78, 5) is 11.9. The Kier molecular flexibility index (Phi) is 6.37. The minimum atomic E-state index is -3.76. The molecule has 0 bridgehead atoms. The topological polar surface area (TPSA) is 87.6 Å². The van der Waals surface area contributed by atoms with Gasteiger partial charge in [0.2, 0.25) is 10.0 Å². The van der Waals surface area contributed by atoms with Crippen molar-refractivity contribution >= 4 is 21.6 Å². The normalized spacial score (nSPS) is 12.0. The number of sulfonamides is 1. The van der Waals surface area contributed by atoms with E-state index in [1.807, 2.05) is 6.92 Å². The molecule has 0 aromatic heterocycles.